The highest BCUT2D eigenvalue weighted by molar-refractivity contribution is 5.08. The maximum Gasteiger partial charge on any atom is 0.0897 e. The zero-order valence-electron chi connectivity index (χ0n) is 13.1. The normalized spacial score (nSPS) is 14.6. The van der Waals surface area contributed by atoms with Gasteiger partial charge in [-0.15, -0.1) is 0 Å². The number of hydrogen-bond acceptors (Lipinski definition) is 1. The summed E-state index contributed by atoms with van der Waals surface area (Å²) in [6.07, 6.45) is 24.6. The number of halogens is 1. The number of alkyl halides is 1. The summed E-state index contributed by atoms with van der Waals surface area (Å²) in [5.74, 6) is 0. The first-order valence-corrected chi connectivity index (χ1v) is 7.83. The summed E-state index contributed by atoms with van der Waals surface area (Å²) in [7, 11) is 0. The highest BCUT2D eigenvalue weighted by atomic mass is 19.1. The van der Waals surface area contributed by atoms with E-state index in [0.717, 1.165) is 25.7 Å². The van der Waals surface area contributed by atoms with Gasteiger partial charge in [0.1, 0.15) is 0 Å². The molecule has 0 saturated carbocycles. The first kappa shape index (κ1) is 19.6. The number of allylic oxidation sites excluding steroid dienone is 8. The molecule has 0 aliphatic carbocycles. The smallest absolute Gasteiger partial charge is 0.0897 e. The van der Waals surface area contributed by atoms with Crippen molar-refractivity contribution < 1.29 is 9.50 Å². The predicted octanol–water partition coefficient (Wildman–Crippen LogP) is 5.46. The molecule has 0 bridgehead atoms. The van der Waals surface area contributed by atoms with Gasteiger partial charge in [-0.2, -0.15) is 0 Å². The first-order chi connectivity index (χ1) is 10.3. The Morgan fingerprint density at radius 2 is 1.62 bits per heavy atom. The fourth-order valence-corrected chi connectivity index (χ4v) is 1.59. The van der Waals surface area contributed by atoms with E-state index < -0.39 is 6.10 Å². The summed E-state index contributed by atoms with van der Waals surface area (Å²) < 4.78 is 11.8. The van der Waals surface area contributed by atoms with Crippen molar-refractivity contribution in [3.8, 4) is 0 Å². The molecule has 1 N–H and O–H groups in total. The molecule has 0 aliphatic rings. The SMILES string of the molecule is CCC=CCC(O)C=CC=CCC=CCC=CCCCF. The van der Waals surface area contributed by atoms with Gasteiger partial charge in [0.2, 0.25) is 0 Å². The van der Waals surface area contributed by atoms with Crippen molar-refractivity contribution in [1.29, 1.82) is 0 Å². The lowest BCUT2D eigenvalue weighted by atomic mass is 10.2. The lowest BCUT2D eigenvalue weighted by Gasteiger charge is -1.98. The Kier molecular flexibility index (Phi) is 15.5. The van der Waals surface area contributed by atoms with Gasteiger partial charge in [0.05, 0.1) is 12.8 Å². The molecule has 0 rings (SSSR count). The van der Waals surface area contributed by atoms with Gasteiger partial charge in [0.15, 0.2) is 0 Å². The summed E-state index contributed by atoms with van der Waals surface area (Å²) in [6, 6.07) is 0. The maximum absolute atomic E-state index is 11.8. The monoisotopic (exact) mass is 292 g/mol. The van der Waals surface area contributed by atoms with Gasteiger partial charge in [-0.05, 0) is 38.5 Å². The highest BCUT2D eigenvalue weighted by Crippen LogP contribution is 1.98. The van der Waals surface area contributed by atoms with E-state index in [9.17, 15) is 9.50 Å². The highest BCUT2D eigenvalue weighted by Gasteiger charge is 1.92. The third-order valence-electron chi connectivity index (χ3n) is 2.74. The summed E-state index contributed by atoms with van der Waals surface area (Å²) in [4.78, 5) is 0. The van der Waals surface area contributed by atoms with E-state index >= 15 is 0 Å². The Balaban J connectivity index is 3.62. The molecule has 0 saturated heterocycles. The second kappa shape index (κ2) is 16.6. The van der Waals surface area contributed by atoms with Crippen molar-refractivity contribution in [2.45, 2.75) is 51.6 Å². The van der Waals surface area contributed by atoms with Gasteiger partial charge < -0.3 is 5.11 Å². The minimum absolute atomic E-state index is 0.234. The molecule has 0 fully saturated rings. The number of aliphatic hydroxyl groups excluding tert-OH is 1. The molecule has 0 amide bonds. The number of hydrogen-bond donors (Lipinski definition) is 1. The van der Waals surface area contributed by atoms with Crippen molar-refractivity contribution in [2.24, 2.45) is 0 Å². The van der Waals surface area contributed by atoms with Crippen molar-refractivity contribution in [1.82, 2.24) is 0 Å². The number of rotatable bonds is 12. The van der Waals surface area contributed by atoms with Crippen molar-refractivity contribution in [3.63, 3.8) is 0 Å². The molecule has 2 heteroatoms. The van der Waals surface area contributed by atoms with Crippen LogP contribution in [0.1, 0.15) is 45.4 Å². The first-order valence-electron chi connectivity index (χ1n) is 7.83. The second-order valence-electron chi connectivity index (χ2n) is 4.74. The van der Waals surface area contributed by atoms with Crippen LogP contribution in [0.25, 0.3) is 0 Å². The summed E-state index contributed by atoms with van der Waals surface area (Å²) >= 11 is 0. The molecule has 0 aliphatic heterocycles. The molecule has 21 heavy (non-hydrogen) atoms. The molecule has 0 aromatic rings. The molecular formula is C19H29FO. The van der Waals surface area contributed by atoms with E-state index in [1.807, 2.05) is 24.3 Å². The molecule has 1 nitrogen and oxygen atoms in total. The van der Waals surface area contributed by atoms with Crippen LogP contribution in [0.4, 0.5) is 4.39 Å². The largest absolute Gasteiger partial charge is 0.389 e. The quantitative estimate of drug-likeness (QED) is 0.288. The Morgan fingerprint density at radius 3 is 2.33 bits per heavy atom. The van der Waals surface area contributed by atoms with Gasteiger partial charge in [-0.1, -0.05) is 67.7 Å². The Bertz CT molecular complexity index is 351. The van der Waals surface area contributed by atoms with Gasteiger partial charge >= 0.3 is 0 Å². The van der Waals surface area contributed by atoms with Crippen LogP contribution in [0.15, 0.2) is 60.8 Å². The summed E-state index contributed by atoms with van der Waals surface area (Å²) in [5, 5.41) is 9.62. The molecule has 118 valence electrons. The van der Waals surface area contributed by atoms with E-state index in [1.165, 1.54) is 0 Å². The molecule has 0 spiro atoms. The minimum atomic E-state index is -0.401. The van der Waals surface area contributed by atoms with Gasteiger partial charge in [0, 0.05) is 0 Å². The van der Waals surface area contributed by atoms with E-state index in [1.54, 1.807) is 6.08 Å². The predicted molar refractivity (Wildman–Crippen MR) is 91.1 cm³/mol. The van der Waals surface area contributed by atoms with Crippen LogP contribution in [0.2, 0.25) is 0 Å². The maximum atomic E-state index is 11.8. The standard InChI is InChI=1S/C19H29FO/c1-2-3-13-16-19(21)17-14-11-9-7-5-4-6-8-10-12-15-18-20/h3-5,8-11,13-14,17,19,21H,2,6-7,12,15-16,18H2,1H3. The van der Waals surface area contributed by atoms with Crippen LogP contribution in [0.5, 0.6) is 0 Å². The topological polar surface area (TPSA) is 20.2 Å². The average Bonchev–Trinajstić information content (AvgIpc) is 2.48. The van der Waals surface area contributed by atoms with E-state index in [4.69, 9.17) is 0 Å². The molecule has 0 aromatic carbocycles. The lowest BCUT2D eigenvalue weighted by molar-refractivity contribution is 0.227. The lowest BCUT2D eigenvalue weighted by Crippen LogP contribution is -1.98. The molecule has 1 unspecified atom stereocenters. The van der Waals surface area contributed by atoms with E-state index in [-0.39, 0.29) is 6.67 Å². The molecular weight excluding hydrogens is 263 g/mol. The Labute approximate surface area is 129 Å². The number of aliphatic hydroxyl groups is 1. The fourth-order valence-electron chi connectivity index (χ4n) is 1.59. The third-order valence-corrected chi connectivity index (χ3v) is 2.74. The second-order valence-corrected chi connectivity index (χ2v) is 4.74. The molecule has 0 heterocycles. The third kappa shape index (κ3) is 16.5. The van der Waals surface area contributed by atoms with Crippen LogP contribution >= 0.6 is 0 Å². The van der Waals surface area contributed by atoms with Crippen molar-refractivity contribution in [3.05, 3.63) is 60.8 Å². The van der Waals surface area contributed by atoms with Crippen LogP contribution in [-0.2, 0) is 0 Å². The molecule has 0 radical (unpaired) electrons. The van der Waals surface area contributed by atoms with Crippen molar-refractivity contribution >= 4 is 0 Å². The van der Waals surface area contributed by atoms with Crippen LogP contribution in [0, 0.1) is 0 Å². The Hall–Kier alpha value is -1.41. The molecule has 0 aromatic heterocycles. The van der Waals surface area contributed by atoms with Crippen LogP contribution < -0.4 is 0 Å². The van der Waals surface area contributed by atoms with Crippen LogP contribution in [0.3, 0.4) is 0 Å². The Morgan fingerprint density at radius 1 is 0.905 bits per heavy atom. The number of unbranched alkanes of at least 4 members (excludes halogenated alkanes) is 1. The van der Waals surface area contributed by atoms with E-state index in [0.29, 0.717) is 12.8 Å². The van der Waals surface area contributed by atoms with Crippen molar-refractivity contribution in [2.75, 3.05) is 6.67 Å². The minimum Gasteiger partial charge on any atom is -0.389 e. The summed E-state index contributed by atoms with van der Waals surface area (Å²) in [5.41, 5.74) is 0. The van der Waals surface area contributed by atoms with Gasteiger partial charge in [-0.3, -0.25) is 4.39 Å². The van der Waals surface area contributed by atoms with Gasteiger partial charge in [-0.25, -0.2) is 0 Å². The molecule has 1 atom stereocenters. The van der Waals surface area contributed by atoms with E-state index in [2.05, 4.69) is 37.3 Å². The summed E-state index contributed by atoms with van der Waals surface area (Å²) in [6.45, 7) is 1.84. The zero-order chi connectivity index (χ0) is 15.6. The van der Waals surface area contributed by atoms with Gasteiger partial charge in [0.25, 0.3) is 0 Å². The fraction of sp³-hybridized carbons (Fsp3) is 0.474. The zero-order valence-corrected chi connectivity index (χ0v) is 13.1. The van der Waals surface area contributed by atoms with Crippen LogP contribution in [-0.4, -0.2) is 17.9 Å². The average molecular weight is 292 g/mol.